The molecule has 0 saturated carbocycles. The molecule has 0 aliphatic carbocycles. The van der Waals surface area contributed by atoms with E-state index in [1.54, 1.807) is 19.1 Å². The summed E-state index contributed by atoms with van der Waals surface area (Å²) in [7, 11) is 1.70. The molecule has 0 atom stereocenters. The van der Waals surface area contributed by atoms with Crippen molar-refractivity contribution in [1.29, 1.82) is 0 Å². The van der Waals surface area contributed by atoms with Crippen LogP contribution in [-0.2, 0) is 6.42 Å². The summed E-state index contributed by atoms with van der Waals surface area (Å²) in [5, 5.41) is 0. The van der Waals surface area contributed by atoms with Gasteiger partial charge in [0, 0.05) is 11.4 Å². The summed E-state index contributed by atoms with van der Waals surface area (Å²) in [5.74, 6) is 0.935. The van der Waals surface area contributed by atoms with Gasteiger partial charge >= 0.3 is 0 Å². The molecule has 1 aromatic carbocycles. The van der Waals surface area contributed by atoms with Gasteiger partial charge in [0.1, 0.15) is 5.75 Å². The smallest absolute Gasteiger partial charge is 0.120 e. The van der Waals surface area contributed by atoms with Crippen molar-refractivity contribution in [3.05, 3.63) is 23.8 Å². The Bertz CT molecular complexity index is 288. The average Bonchev–Trinajstić information content (AvgIpc) is 2.17. The molecule has 0 bridgehead atoms. The maximum absolute atomic E-state index is 5.14. The first-order valence-corrected chi connectivity index (χ1v) is 4.78. The van der Waals surface area contributed by atoms with Gasteiger partial charge in [-0.3, -0.25) is 4.72 Å². The third-order valence-electron chi connectivity index (χ3n) is 1.95. The molecule has 12 heavy (non-hydrogen) atoms. The second-order valence-electron chi connectivity index (χ2n) is 2.72. The Balaban J connectivity index is 2.36. The van der Waals surface area contributed by atoms with Crippen LogP contribution in [0, 0.1) is 0 Å². The highest BCUT2D eigenvalue weighted by Gasteiger charge is 2.09. The van der Waals surface area contributed by atoms with Crippen molar-refractivity contribution in [3.63, 3.8) is 0 Å². The van der Waals surface area contributed by atoms with Crippen LogP contribution in [0.1, 0.15) is 5.56 Å². The molecule has 2 rings (SSSR count). The van der Waals surface area contributed by atoms with Crippen molar-refractivity contribution in [3.8, 4) is 5.75 Å². The lowest BCUT2D eigenvalue weighted by Crippen LogP contribution is -2.14. The fourth-order valence-corrected chi connectivity index (χ4v) is 2.11. The van der Waals surface area contributed by atoms with Gasteiger partial charge in [-0.1, -0.05) is 6.07 Å². The SMILES string of the molecule is COc1ccc2c(c1)SNCC2. The Hall–Kier alpha value is -0.670. The van der Waals surface area contributed by atoms with Crippen molar-refractivity contribution in [2.24, 2.45) is 0 Å². The molecular weight excluding hydrogens is 170 g/mol. The highest BCUT2D eigenvalue weighted by Crippen LogP contribution is 2.28. The number of nitrogens with one attached hydrogen (secondary N) is 1. The minimum Gasteiger partial charge on any atom is -0.497 e. The molecule has 0 spiro atoms. The minimum atomic E-state index is 0.935. The van der Waals surface area contributed by atoms with Crippen LogP contribution in [-0.4, -0.2) is 13.7 Å². The monoisotopic (exact) mass is 181 g/mol. The zero-order valence-electron chi connectivity index (χ0n) is 6.96. The third-order valence-corrected chi connectivity index (χ3v) is 2.90. The van der Waals surface area contributed by atoms with E-state index in [2.05, 4.69) is 16.9 Å². The average molecular weight is 181 g/mol. The van der Waals surface area contributed by atoms with Gasteiger partial charge in [-0.2, -0.15) is 0 Å². The van der Waals surface area contributed by atoms with Crippen LogP contribution in [0.4, 0.5) is 0 Å². The van der Waals surface area contributed by atoms with Crippen LogP contribution in [0.3, 0.4) is 0 Å². The van der Waals surface area contributed by atoms with Crippen LogP contribution in [0.15, 0.2) is 23.1 Å². The number of ether oxygens (including phenoxy) is 1. The second kappa shape index (κ2) is 3.37. The van der Waals surface area contributed by atoms with Gasteiger partial charge in [0.25, 0.3) is 0 Å². The molecule has 1 heterocycles. The first kappa shape index (κ1) is 7.95. The van der Waals surface area contributed by atoms with Crippen LogP contribution in [0.25, 0.3) is 0 Å². The number of benzene rings is 1. The van der Waals surface area contributed by atoms with Gasteiger partial charge in [0.05, 0.1) is 7.11 Å². The molecule has 1 aromatic rings. The maximum atomic E-state index is 5.14. The summed E-state index contributed by atoms with van der Waals surface area (Å²) >= 11 is 1.69. The van der Waals surface area contributed by atoms with Gasteiger partial charge in [-0.15, -0.1) is 0 Å². The number of methoxy groups -OCH3 is 1. The van der Waals surface area contributed by atoms with E-state index in [9.17, 15) is 0 Å². The highest BCUT2D eigenvalue weighted by atomic mass is 32.2. The molecule has 2 nitrogen and oxygen atoms in total. The van der Waals surface area contributed by atoms with E-state index in [0.717, 1.165) is 18.7 Å². The molecule has 1 aliphatic heterocycles. The Morgan fingerprint density at radius 3 is 3.25 bits per heavy atom. The molecule has 0 saturated heterocycles. The molecule has 3 heteroatoms. The zero-order valence-corrected chi connectivity index (χ0v) is 7.78. The summed E-state index contributed by atoms with van der Waals surface area (Å²) in [6.45, 7) is 1.06. The number of fused-ring (bicyclic) bond motifs is 1. The highest BCUT2D eigenvalue weighted by molar-refractivity contribution is 7.97. The standard InChI is InChI=1S/C9H11NOS/c1-11-8-3-2-7-4-5-10-12-9(7)6-8/h2-3,6,10H,4-5H2,1H3. The molecular formula is C9H11NOS. The van der Waals surface area contributed by atoms with Gasteiger partial charge in [-0.05, 0) is 36.1 Å². The summed E-state index contributed by atoms with van der Waals surface area (Å²) in [4.78, 5) is 1.29. The lowest BCUT2D eigenvalue weighted by Gasteiger charge is -2.16. The second-order valence-corrected chi connectivity index (χ2v) is 3.65. The van der Waals surface area contributed by atoms with E-state index in [4.69, 9.17) is 4.74 Å². The van der Waals surface area contributed by atoms with E-state index in [0.29, 0.717) is 0 Å². The zero-order chi connectivity index (χ0) is 8.39. The van der Waals surface area contributed by atoms with Crippen molar-refractivity contribution in [1.82, 2.24) is 4.72 Å². The molecule has 0 radical (unpaired) electrons. The van der Waals surface area contributed by atoms with Crippen LogP contribution >= 0.6 is 11.9 Å². The normalized spacial score (nSPS) is 15.4. The van der Waals surface area contributed by atoms with Gasteiger partial charge in [0.15, 0.2) is 0 Å². The van der Waals surface area contributed by atoms with Crippen LogP contribution in [0.5, 0.6) is 5.75 Å². The van der Waals surface area contributed by atoms with E-state index < -0.39 is 0 Å². The van der Waals surface area contributed by atoms with E-state index in [1.165, 1.54) is 10.5 Å². The Kier molecular flexibility index (Phi) is 2.23. The van der Waals surface area contributed by atoms with E-state index >= 15 is 0 Å². The summed E-state index contributed by atoms with van der Waals surface area (Å²) in [6.07, 6.45) is 1.12. The quantitative estimate of drug-likeness (QED) is 0.668. The predicted octanol–water partition coefficient (Wildman–Crippen LogP) is 1.85. The molecule has 1 N–H and O–H groups in total. The molecule has 1 aliphatic rings. The first-order chi connectivity index (χ1) is 5.90. The summed E-state index contributed by atoms with van der Waals surface area (Å²) in [5.41, 5.74) is 1.42. The fraction of sp³-hybridized carbons (Fsp3) is 0.333. The Labute approximate surface area is 76.4 Å². The van der Waals surface area contributed by atoms with Crippen LogP contribution in [0.2, 0.25) is 0 Å². The maximum Gasteiger partial charge on any atom is 0.120 e. The number of rotatable bonds is 1. The Morgan fingerprint density at radius 1 is 1.50 bits per heavy atom. The van der Waals surface area contributed by atoms with Crippen molar-refractivity contribution < 1.29 is 4.74 Å². The Morgan fingerprint density at radius 2 is 2.42 bits per heavy atom. The number of hydrogen-bond donors (Lipinski definition) is 1. The minimum absolute atomic E-state index is 0.935. The van der Waals surface area contributed by atoms with Gasteiger partial charge in [0.2, 0.25) is 0 Å². The third kappa shape index (κ3) is 1.42. The first-order valence-electron chi connectivity index (χ1n) is 3.97. The van der Waals surface area contributed by atoms with Crippen molar-refractivity contribution in [2.75, 3.05) is 13.7 Å². The lowest BCUT2D eigenvalue weighted by atomic mass is 10.1. The molecule has 0 amide bonds. The van der Waals surface area contributed by atoms with Crippen LogP contribution < -0.4 is 9.46 Å². The summed E-state index contributed by atoms with van der Waals surface area (Å²) in [6, 6.07) is 6.24. The fourth-order valence-electron chi connectivity index (χ4n) is 1.28. The number of hydrogen-bond acceptors (Lipinski definition) is 3. The molecule has 0 aromatic heterocycles. The lowest BCUT2D eigenvalue weighted by molar-refractivity contribution is 0.413. The topological polar surface area (TPSA) is 21.3 Å². The van der Waals surface area contributed by atoms with Gasteiger partial charge < -0.3 is 4.74 Å². The molecule has 0 unspecified atom stereocenters. The molecule has 64 valence electrons. The summed E-state index contributed by atoms with van der Waals surface area (Å²) < 4.78 is 8.39. The van der Waals surface area contributed by atoms with E-state index in [1.807, 2.05) is 6.07 Å². The van der Waals surface area contributed by atoms with Crippen molar-refractivity contribution >= 4 is 11.9 Å². The van der Waals surface area contributed by atoms with E-state index in [-0.39, 0.29) is 0 Å². The van der Waals surface area contributed by atoms with Crippen molar-refractivity contribution in [2.45, 2.75) is 11.3 Å². The largest absolute Gasteiger partial charge is 0.497 e. The molecule has 0 fully saturated rings. The van der Waals surface area contributed by atoms with Gasteiger partial charge in [-0.25, -0.2) is 0 Å². The predicted molar refractivity (Wildman–Crippen MR) is 50.6 cm³/mol.